The van der Waals surface area contributed by atoms with E-state index in [1.54, 1.807) is 0 Å². The molecule has 0 aliphatic rings. The highest BCUT2D eigenvalue weighted by atomic mass is 79.9. The van der Waals surface area contributed by atoms with E-state index in [2.05, 4.69) is 128 Å². The van der Waals surface area contributed by atoms with Crippen molar-refractivity contribution >= 4 is 80.4 Å². The number of halogens is 2. The van der Waals surface area contributed by atoms with Crippen molar-refractivity contribution in [1.82, 2.24) is 0 Å². The van der Waals surface area contributed by atoms with Gasteiger partial charge in [-0.2, -0.15) is 0 Å². The molecule has 4 aromatic carbocycles. The Hall–Kier alpha value is -2.14. The summed E-state index contributed by atoms with van der Waals surface area (Å²) in [6.45, 7) is 0. The molecule has 1 nitrogen and oxygen atoms in total. The maximum atomic E-state index is 3.65. The van der Waals surface area contributed by atoms with Crippen LogP contribution in [0.3, 0.4) is 0 Å². The minimum absolute atomic E-state index is 1.04. The third-order valence-corrected chi connectivity index (χ3v) is 6.79. The third-order valence-electron chi connectivity index (χ3n) is 4.74. The molecule has 0 aliphatic carbocycles. The summed E-state index contributed by atoms with van der Waals surface area (Å²) < 4.78 is 4.70. The first-order valence-electron chi connectivity index (χ1n) is 8.92. The van der Waals surface area contributed by atoms with Crippen LogP contribution >= 0.6 is 43.2 Å². The number of fused-ring (bicyclic) bond motifs is 3. The van der Waals surface area contributed by atoms with E-state index in [0.29, 0.717) is 0 Å². The van der Waals surface area contributed by atoms with E-state index in [1.165, 1.54) is 25.9 Å². The summed E-state index contributed by atoms with van der Waals surface area (Å²) in [5.74, 6) is 0. The molecule has 5 rings (SSSR count). The number of anilines is 3. The van der Waals surface area contributed by atoms with Gasteiger partial charge in [0.1, 0.15) is 0 Å². The minimum atomic E-state index is 1.04. The number of thiophene rings is 1. The largest absolute Gasteiger partial charge is 0.310 e. The molecule has 0 atom stereocenters. The number of nitrogens with zero attached hydrogens (tertiary/aromatic N) is 1. The van der Waals surface area contributed by atoms with Crippen LogP contribution in [-0.4, -0.2) is 0 Å². The van der Waals surface area contributed by atoms with Crippen LogP contribution in [0.4, 0.5) is 17.1 Å². The van der Waals surface area contributed by atoms with Crippen molar-refractivity contribution in [2.24, 2.45) is 0 Å². The first-order valence-corrected chi connectivity index (χ1v) is 11.3. The van der Waals surface area contributed by atoms with E-state index < -0.39 is 0 Å². The van der Waals surface area contributed by atoms with Gasteiger partial charge in [-0.25, -0.2) is 0 Å². The Labute approximate surface area is 184 Å². The predicted octanol–water partition coefficient (Wildman–Crippen LogP) is 9.05. The van der Waals surface area contributed by atoms with Crippen LogP contribution in [0, 0.1) is 0 Å². The lowest BCUT2D eigenvalue weighted by Crippen LogP contribution is -2.10. The van der Waals surface area contributed by atoms with Crippen molar-refractivity contribution in [2.45, 2.75) is 0 Å². The molecule has 5 aromatic rings. The molecule has 0 bridgehead atoms. The Morgan fingerprint density at radius 3 is 2.07 bits per heavy atom. The highest BCUT2D eigenvalue weighted by Gasteiger charge is 2.18. The molecule has 28 heavy (non-hydrogen) atoms. The zero-order valence-electron chi connectivity index (χ0n) is 14.8. The second kappa shape index (κ2) is 7.36. The fourth-order valence-electron chi connectivity index (χ4n) is 3.61. The normalized spacial score (nSPS) is 11.2. The summed E-state index contributed by atoms with van der Waals surface area (Å²) in [6.07, 6.45) is 0. The standard InChI is InChI=1S/C24H15Br2NS/c25-16-13-17(26)15-19(14-16)27(18-7-2-1-3-8-18)21-10-6-12-23-24(21)20-9-4-5-11-22(20)28-23/h1-15H. The number of rotatable bonds is 3. The molecule has 0 N–H and O–H groups in total. The molecule has 0 saturated carbocycles. The maximum Gasteiger partial charge on any atom is 0.0554 e. The van der Waals surface area contributed by atoms with E-state index >= 15 is 0 Å². The SMILES string of the molecule is Brc1cc(Br)cc(N(c2ccccc2)c2cccc3sc4ccccc4c23)c1. The van der Waals surface area contributed by atoms with E-state index in [1.807, 2.05) is 11.3 Å². The molecular formula is C24H15Br2NS. The Morgan fingerprint density at radius 2 is 1.29 bits per heavy atom. The Morgan fingerprint density at radius 1 is 0.607 bits per heavy atom. The quantitative estimate of drug-likeness (QED) is 0.235. The van der Waals surface area contributed by atoms with Crippen molar-refractivity contribution in [3.63, 3.8) is 0 Å². The summed E-state index contributed by atoms with van der Waals surface area (Å²) in [6, 6.07) is 32.1. The van der Waals surface area contributed by atoms with Gasteiger partial charge in [0, 0.05) is 40.5 Å². The first-order chi connectivity index (χ1) is 13.7. The molecule has 0 fully saturated rings. The van der Waals surface area contributed by atoms with Crippen LogP contribution in [0.5, 0.6) is 0 Å². The maximum absolute atomic E-state index is 3.65. The Kier molecular flexibility index (Phi) is 4.71. The van der Waals surface area contributed by atoms with Crippen LogP contribution in [0.2, 0.25) is 0 Å². The van der Waals surface area contributed by atoms with E-state index in [9.17, 15) is 0 Å². The highest BCUT2D eigenvalue weighted by Crippen LogP contribution is 2.45. The Bertz CT molecular complexity index is 1270. The van der Waals surface area contributed by atoms with Gasteiger partial charge < -0.3 is 4.90 Å². The van der Waals surface area contributed by atoms with E-state index in [-0.39, 0.29) is 0 Å². The van der Waals surface area contributed by atoms with Crippen LogP contribution in [0.1, 0.15) is 0 Å². The smallest absolute Gasteiger partial charge is 0.0554 e. The zero-order valence-corrected chi connectivity index (χ0v) is 18.8. The van der Waals surface area contributed by atoms with Gasteiger partial charge >= 0.3 is 0 Å². The van der Waals surface area contributed by atoms with E-state index in [0.717, 1.165) is 20.3 Å². The number of hydrogen-bond donors (Lipinski definition) is 0. The molecule has 0 spiro atoms. The molecule has 0 unspecified atom stereocenters. The number of benzene rings is 4. The van der Waals surface area contributed by atoms with Crippen molar-refractivity contribution in [1.29, 1.82) is 0 Å². The van der Waals surface area contributed by atoms with Gasteiger partial charge in [-0.15, -0.1) is 11.3 Å². The summed E-state index contributed by atoms with van der Waals surface area (Å²) in [5, 5.41) is 2.59. The van der Waals surface area contributed by atoms with Gasteiger partial charge in [-0.05, 0) is 48.5 Å². The molecule has 0 radical (unpaired) electrons. The second-order valence-corrected chi connectivity index (χ2v) is 9.46. The summed E-state index contributed by atoms with van der Waals surface area (Å²) in [4.78, 5) is 2.33. The first kappa shape index (κ1) is 17.9. The molecule has 1 aromatic heterocycles. The fourth-order valence-corrected chi connectivity index (χ4v) is 6.01. The summed E-state index contributed by atoms with van der Waals surface area (Å²) in [7, 11) is 0. The molecular weight excluding hydrogens is 494 g/mol. The molecule has 0 aliphatic heterocycles. The topological polar surface area (TPSA) is 3.24 Å². The van der Waals surface area contributed by atoms with Crippen molar-refractivity contribution in [3.8, 4) is 0 Å². The third kappa shape index (κ3) is 3.16. The predicted molar refractivity (Wildman–Crippen MR) is 129 cm³/mol. The van der Waals surface area contributed by atoms with Gasteiger partial charge in [0.25, 0.3) is 0 Å². The van der Waals surface area contributed by atoms with Crippen LogP contribution in [-0.2, 0) is 0 Å². The summed E-state index contributed by atoms with van der Waals surface area (Å²) in [5.41, 5.74) is 3.43. The lowest BCUT2D eigenvalue weighted by atomic mass is 10.1. The molecule has 0 amide bonds. The number of para-hydroxylation sites is 1. The lowest BCUT2D eigenvalue weighted by Gasteiger charge is -2.27. The van der Waals surface area contributed by atoms with Crippen LogP contribution in [0.25, 0.3) is 20.2 Å². The molecule has 0 saturated heterocycles. The second-order valence-electron chi connectivity index (χ2n) is 6.55. The Balaban J connectivity index is 1.86. The van der Waals surface area contributed by atoms with Crippen molar-refractivity contribution < 1.29 is 0 Å². The zero-order chi connectivity index (χ0) is 19.1. The minimum Gasteiger partial charge on any atom is -0.310 e. The monoisotopic (exact) mass is 507 g/mol. The lowest BCUT2D eigenvalue weighted by molar-refractivity contribution is 1.29. The number of hydrogen-bond acceptors (Lipinski definition) is 2. The van der Waals surface area contributed by atoms with Gasteiger partial charge in [0.2, 0.25) is 0 Å². The van der Waals surface area contributed by atoms with Gasteiger partial charge in [0.05, 0.1) is 5.69 Å². The molecule has 4 heteroatoms. The van der Waals surface area contributed by atoms with Crippen LogP contribution in [0.15, 0.2) is 99.9 Å². The van der Waals surface area contributed by atoms with Crippen molar-refractivity contribution in [3.05, 3.63) is 99.9 Å². The van der Waals surface area contributed by atoms with Crippen molar-refractivity contribution in [2.75, 3.05) is 4.90 Å². The average molecular weight is 509 g/mol. The van der Waals surface area contributed by atoms with Gasteiger partial charge in [-0.1, -0.05) is 74.3 Å². The highest BCUT2D eigenvalue weighted by molar-refractivity contribution is 9.11. The fraction of sp³-hybridized carbons (Fsp3) is 0. The average Bonchev–Trinajstić information content (AvgIpc) is 3.08. The van der Waals surface area contributed by atoms with E-state index in [4.69, 9.17) is 0 Å². The van der Waals surface area contributed by atoms with Gasteiger partial charge in [0.15, 0.2) is 0 Å². The molecule has 136 valence electrons. The van der Waals surface area contributed by atoms with Gasteiger partial charge in [-0.3, -0.25) is 0 Å². The van der Waals surface area contributed by atoms with Crippen LogP contribution < -0.4 is 4.90 Å². The molecule has 1 heterocycles. The summed E-state index contributed by atoms with van der Waals surface area (Å²) >= 11 is 9.15.